The van der Waals surface area contributed by atoms with E-state index < -0.39 is 22.6 Å². The van der Waals surface area contributed by atoms with Gasteiger partial charge in [0, 0.05) is 4.47 Å². The molecule has 2 aromatic carbocycles. The number of aromatic carboxylic acids is 1. The van der Waals surface area contributed by atoms with Crippen LogP contribution in [0.1, 0.15) is 15.9 Å². The standard InChI is InChI=1S/C14H9BrClFO3S/c15-9-2-3-10(14(18)19)13(6-9)21(20)7-8-1-4-12(17)11(16)5-8/h1-6H,7H2,(H,18,19). The summed E-state index contributed by atoms with van der Waals surface area (Å²) in [5, 5.41) is 9.07. The number of carbonyl (C=O) groups is 1. The summed E-state index contributed by atoms with van der Waals surface area (Å²) in [6.07, 6.45) is 0. The van der Waals surface area contributed by atoms with E-state index in [1.54, 1.807) is 6.07 Å². The fourth-order valence-corrected chi connectivity index (χ4v) is 3.73. The lowest BCUT2D eigenvalue weighted by Gasteiger charge is -2.07. The van der Waals surface area contributed by atoms with Crippen LogP contribution in [0, 0.1) is 5.82 Å². The molecule has 1 unspecified atom stereocenters. The molecule has 2 aromatic rings. The van der Waals surface area contributed by atoms with Crippen molar-refractivity contribution in [2.45, 2.75) is 10.6 Å². The number of halogens is 3. The maximum atomic E-state index is 13.1. The van der Waals surface area contributed by atoms with E-state index in [-0.39, 0.29) is 21.2 Å². The molecule has 0 aliphatic rings. The monoisotopic (exact) mass is 390 g/mol. The molecular weight excluding hydrogens is 383 g/mol. The van der Waals surface area contributed by atoms with Crippen LogP contribution < -0.4 is 0 Å². The second kappa shape index (κ2) is 6.68. The van der Waals surface area contributed by atoms with Gasteiger partial charge in [0.25, 0.3) is 0 Å². The van der Waals surface area contributed by atoms with Crippen LogP contribution in [0.5, 0.6) is 0 Å². The van der Waals surface area contributed by atoms with Crippen molar-refractivity contribution in [3.63, 3.8) is 0 Å². The van der Waals surface area contributed by atoms with E-state index in [2.05, 4.69) is 15.9 Å². The van der Waals surface area contributed by atoms with Crippen LogP contribution in [0.2, 0.25) is 5.02 Å². The van der Waals surface area contributed by atoms with Crippen molar-refractivity contribution in [1.82, 2.24) is 0 Å². The molecule has 0 aromatic heterocycles. The van der Waals surface area contributed by atoms with Crippen LogP contribution in [-0.2, 0) is 16.6 Å². The minimum atomic E-state index is -1.58. The normalized spacial score (nSPS) is 12.1. The molecule has 0 bridgehead atoms. The van der Waals surface area contributed by atoms with Crippen LogP contribution in [0.4, 0.5) is 4.39 Å². The van der Waals surface area contributed by atoms with Gasteiger partial charge >= 0.3 is 5.97 Å². The van der Waals surface area contributed by atoms with Crippen molar-refractivity contribution in [3.8, 4) is 0 Å². The Balaban J connectivity index is 2.34. The van der Waals surface area contributed by atoms with Crippen molar-refractivity contribution >= 4 is 44.3 Å². The van der Waals surface area contributed by atoms with Gasteiger partial charge in [0.15, 0.2) is 0 Å². The molecule has 0 aliphatic heterocycles. The number of carboxylic acid groups (broad SMARTS) is 1. The molecule has 3 nitrogen and oxygen atoms in total. The van der Waals surface area contributed by atoms with E-state index in [4.69, 9.17) is 16.7 Å². The van der Waals surface area contributed by atoms with Gasteiger partial charge < -0.3 is 5.11 Å². The number of benzene rings is 2. The lowest BCUT2D eigenvalue weighted by atomic mass is 10.2. The molecule has 110 valence electrons. The summed E-state index contributed by atoms with van der Waals surface area (Å²) in [7, 11) is -1.58. The summed E-state index contributed by atoms with van der Waals surface area (Å²) >= 11 is 8.90. The van der Waals surface area contributed by atoms with Gasteiger partial charge in [-0.1, -0.05) is 33.6 Å². The highest BCUT2D eigenvalue weighted by molar-refractivity contribution is 9.10. The molecular formula is C14H9BrClFO3S. The average molecular weight is 392 g/mol. The van der Waals surface area contributed by atoms with Crippen LogP contribution >= 0.6 is 27.5 Å². The highest BCUT2D eigenvalue weighted by atomic mass is 79.9. The number of carboxylic acids is 1. The quantitative estimate of drug-likeness (QED) is 0.848. The van der Waals surface area contributed by atoms with Gasteiger partial charge in [0.2, 0.25) is 0 Å². The topological polar surface area (TPSA) is 54.4 Å². The molecule has 0 saturated heterocycles. The molecule has 0 radical (unpaired) electrons. The van der Waals surface area contributed by atoms with Crippen LogP contribution in [0.3, 0.4) is 0 Å². The molecule has 7 heteroatoms. The Morgan fingerprint density at radius 1 is 1.29 bits per heavy atom. The Morgan fingerprint density at radius 3 is 2.62 bits per heavy atom. The Bertz CT molecular complexity index is 736. The van der Waals surface area contributed by atoms with Crippen molar-refractivity contribution in [1.29, 1.82) is 0 Å². The molecule has 0 spiro atoms. The highest BCUT2D eigenvalue weighted by Crippen LogP contribution is 2.23. The summed E-state index contributed by atoms with van der Waals surface area (Å²) in [5.74, 6) is -1.65. The lowest BCUT2D eigenvalue weighted by molar-refractivity contribution is 0.0693. The van der Waals surface area contributed by atoms with E-state index >= 15 is 0 Å². The largest absolute Gasteiger partial charge is 0.478 e. The minimum Gasteiger partial charge on any atom is -0.478 e. The Hall–Kier alpha value is -1.24. The zero-order valence-electron chi connectivity index (χ0n) is 10.5. The first-order chi connectivity index (χ1) is 9.88. The van der Waals surface area contributed by atoms with Gasteiger partial charge in [0.05, 0.1) is 32.0 Å². The Labute approximate surface area is 136 Å². The Kier molecular flexibility index (Phi) is 5.13. The number of hydrogen-bond donors (Lipinski definition) is 1. The first-order valence-corrected chi connectivity index (χ1v) is 8.22. The first-order valence-electron chi connectivity index (χ1n) is 5.73. The zero-order valence-corrected chi connectivity index (χ0v) is 13.6. The van der Waals surface area contributed by atoms with E-state index in [1.165, 1.54) is 30.3 Å². The third-order valence-corrected chi connectivity index (χ3v) is 4.91. The smallest absolute Gasteiger partial charge is 0.336 e. The predicted molar refractivity (Wildman–Crippen MR) is 82.6 cm³/mol. The van der Waals surface area contributed by atoms with E-state index in [1.807, 2.05) is 0 Å². The van der Waals surface area contributed by atoms with Crippen molar-refractivity contribution < 1.29 is 18.5 Å². The average Bonchev–Trinajstić information content (AvgIpc) is 2.42. The van der Waals surface area contributed by atoms with Crippen molar-refractivity contribution in [2.24, 2.45) is 0 Å². The van der Waals surface area contributed by atoms with Crippen LogP contribution in [0.15, 0.2) is 45.8 Å². The van der Waals surface area contributed by atoms with E-state index in [0.717, 1.165) is 0 Å². The third-order valence-electron chi connectivity index (χ3n) is 2.70. The summed E-state index contributed by atoms with van der Waals surface area (Å²) in [4.78, 5) is 11.4. The van der Waals surface area contributed by atoms with Gasteiger partial charge in [-0.3, -0.25) is 4.21 Å². The number of rotatable bonds is 4. The van der Waals surface area contributed by atoms with E-state index in [0.29, 0.717) is 10.0 Å². The summed E-state index contributed by atoms with van der Waals surface area (Å²) in [5.41, 5.74) is 0.542. The maximum absolute atomic E-state index is 13.1. The van der Waals surface area contributed by atoms with Crippen molar-refractivity contribution in [3.05, 3.63) is 62.8 Å². The molecule has 0 saturated carbocycles. The van der Waals surface area contributed by atoms with E-state index in [9.17, 15) is 13.4 Å². The summed E-state index contributed by atoms with van der Waals surface area (Å²) < 4.78 is 26.1. The van der Waals surface area contributed by atoms with Crippen LogP contribution in [0.25, 0.3) is 0 Å². The predicted octanol–water partition coefficient (Wildman–Crippen LogP) is 4.25. The molecule has 0 fully saturated rings. The minimum absolute atomic E-state index is 0.0234. The van der Waals surface area contributed by atoms with Gasteiger partial charge in [-0.25, -0.2) is 9.18 Å². The Morgan fingerprint density at radius 2 is 2.00 bits per heavy atom. The second-order valence-corrected chi connectivity index (χ2v) is 6.93. The second-order valence-electron chi connectivity index (χ2n) is 4.18. The maximum Gasteiger partial charge on any atom is 0.336 e. The van der Waals surface area contributed by atoms with Gasteiger partial charge in [-0.15, -0.1) is 0 Å². The third kappa shape index (κ3) is 3.90. The fraction of sp³-hybridized carbons (Fsp3) is 0.0714. The highest BCUT2D eigenvalue weighted by Gasteiger charge is 2.16. The van der Waals surface area contributed by atoms with Gasteiger partial charge in [-0.2, -0.15) is 0 Å². The van der Waals surface area contributed by atoms with Crippen molar-refractivity contribution in [2.75, 3.05) is 0 Å². The molecule has 0 amide bonds. The lowest BCUT2D eigenvalue weighted by Crippen LogP contribution is -2.06. The molecule has 1 N–H and O–H groups in total. The molecule has 2 rings (SSSR count). The molecule has 0 aliphatic carbocycles. The molecule has 1 atom stereocenters. The summed E-state index contributed by atoms with van der Waals surface area (Å²) in [6, 6.07) is 8.50. The molecule has 0 heterocycles. The van der Waals surface area contributed by atoms with Gasteiger partial charge in [0.1, 0.15) is 5.82 Å². The van der Waals surface area contributed by atoms with Crippen LogP contribution in [-0.4, -0.2) is 15.3 Å². The SMILES string of the molecule is O=C(O)c1ccc(Br)cc1S(=O)Cc1ccc(F)c(Cl)c1. The number of hydrogen-bond acceptors (Lipinski definition) is 2. The zero-order chi connectivity index (χ0) is 15.6. The first kappa shape index (κ1) is 16.1. The summed E-state index contributed by atoms with van der Waals surface area (Å²) in [6.45, 7) is 0. The fourth-order valence-electron chi connectivity index (χ4n) is 1.72. The molecule has 21 heavy (non-hydrogen) atoms. The van der Waals surface area contributed by atoms with Gasteiger partial charge in [-0.05, 0) is 35.9 Å².